The molecule has 1 fully saturated rings. The van der Waals surface area contributed by atoms with Crippen LogP contribution in [0.2, 0.25) is 0 Å². The summed E-state index contributed by atoms with van der Waals surface area (Å²) in [5, 5.41) is 1.03. The van der Waals surface area contributed by atoms with Gasteiger partial charge in [0.2, 0.25) is 0 Å². The number of hydrogen-bond donors (Lipinski definition) is 1. The summed E-state index contributed by atoms with van der Waals surface area (Å²) < 4.78 is 5.58. The SMILES string of the molecule is CC(C)(C)OC(=O)N1CCc2[nH]c3ccc(C(=O)N4CCC(Cc5ccccc5)CC4)cc3c2C1. The third-order valence-electron chi connectivity index (χ3n) is 7.14. The second-order valence-corrected chi connectivity index (χ2v) is 10.9. The maximum absolute atomic E-state index is 13.4. The quantitative estimate of drug-likeness (QED) is 0.542. The second-order valence-electron chi connectivity index (χ2n) is 10.9. The highest BCUT2D eigenvalue weighted by molar-refractivity contribution is 5.99. The van der Waals surface area contributed by atoms with Crippen molar-refractivity contribution in [2.45, 2.75) is 58.6 Å². The van der Waals surface area contributed by atoms with Gasteiger partial charge in [-0.3, -0.25) is 4.79 Å². The number of aromatic amines is 1. The Bertz CT molecular complexity index is 1220. The lowest BCUT2D eigenvalue weighted by Gasteiger charge is -2.32. The summed E-state index contributed by atoms with van der Waals surface area (Å²) in [6, 6.07) is 16.5. The van der Waals surface area contributed by atoms with E-state index in [1.807, 2.05) is 43.9 Å². The number of carbonyl (C=O) groups excluding carboxylic acids is 2. The minimum atomic E-state index is -0.522. The van der Waals surface area contributed by atoms with E-state index in [1.165, 1.54) is 5.56 Å². The number of ether oxygens (including phenoxy) is 1. The van der Waals surface area contributed by atoms with Gasteiger partial charge in [-0.1, -0.05) is 30.3 Å². The normalized spacial score (nSPS) is 16.9. The van der Waals surface area contributed by atoms with Crippen LogP contribution < -0.4 is 0 Å². The molecule has 1 N–H and O–H groups in total. The lowest BCUT2D eigenvalue weighted by Crippen LogP contribution is -2.39. The highest BCUT2D eigenvalue weighted by Crippen LogP contribution is 2.30. The zero-order valence-corrected chi connectivity index (χ0v) is 21.0. The number of likely N-dealkylation sites (tertiary alicyclic amines) is 1. The number of rotatable bonds is 3. The average molecular weight is 474 g/mol. The summed E-state index contributed by atoms with van der Waals surface area (Å²) in [7, 11) is 0. The highest BCUT2D eigenvalue weighted by atomic mass is 16.6. The number of nitrogens with zero attached hydrogens (tertiary/aromatic N) is 2. The van der Waals surface area contributed by atoms with Crippen LogP contribution in [0.4, 0.5) is 4.79 Å². The number of aromatic nitrogens is 1. The van der Waals surface area contributed by atoms with Crippen molar-refractivity contribution in [3.63, 3.8) is 0 Å². The molecule has 5 rings (SSSR count). The number of hydrogen-bond acceptors (Lipinski definition) is 3. The Hall–Kier alpha value is -3.28. The van der Waals surface area contributed by atoms with Gasteiger partial charge in [0.15, 0.2) is 0 Å². The monoisotopic (exact) mass is 473 g/mol. The topological polar surface area (TPSA) is 65.6 Å². The lowest BCUT2D eigenvalue weighted by atomic mass is 9.90. The molecule has 2 amide bonds. The molecule has 0 radical (unpaired) electrons. The van der Waals surface area contributed by atoms with Crippen LogP contribution in [0.25, 0.3) is 10.9 Å². The summed E-state index contributed by atoms with van der Waals surface area (Å²) in [6.45, 7) is 8.36. The van der Waals surface area contributed by atoms with E-state index in [2.05, 4.69) is 35.3 Å². The van der Waals surface area contributed by atoms with Gasteiger partial charge in [-0.2, -0.15) is 0 Å². The Morgan fingerprint density at radius 2 is 1.74 bits per heavy atom. The van der Waals surface area contributed by atoms with Gasteiger partial charge in [0.05, 0.1) is 6.54 Å². The van der Waals surface area contributed by atoms with Crippen LogP contribution in [-0.4, -0.2) is 52.0 Å². The average Bonchev–Trinajstić information content (AvgIpc) is 3.21. The number of piperidine rings is 1. The Morgan fingerprint density at radius 1 is 1.00 bits per heavy atom. The molecule has 0 atom stereocenters. The summed E-state index contributed by atoms with van der Waals surface area (Å²) in [4.78, 5) is 33.2. The third kappa shape index (κ3) is 5.21. The van der Waals surface area contributed by atoms with Gasteiger partial charge in [0.25, 0.3) is 5.91 Å². The molecule has 0 bridgehead atoms. The van der Waals surface area contributed by atoms with E-state index in [0.717, 1.165) is 66.5 Å². The van der Waals surface area contributed by atoms with Crippen LogP contribution in [0.1, 0.15) is 60.8 Å². The first-order valence-electron chi connectivity index (χ1n) is 12.7. The van der Waals surface area contributed by atoms with Crippen LogP contribution in [0.3, 0.4) is 0 Å². The molecular weight excluding hydrogens is 438 g/mol. The molecule has 2 aromatic carbocycles. The molecule has 0 unspecified atom stereocenters. The first-order chi connectivity index (χ1) is 16.8. The van der Waals surface area contributed by atoms with Crippen molar-refractivity contribution >= 4 is 22.9 Å². The lowest BCUT2D eigenvalue weighted by molar-refractivity contribution is 0.0224. The van der Waals surface area contributed by atoms with Gasteiger partial charge < -0.3 is 19.5 Å². The number of amides is 2. The van der Waals surface area contributed by atoms with Gasteiger partial charge >= 0.3 is 6.09 Å². The zero-order valence-electron chi connectivity index (χ0n) is 21.0. The Labute approximate surface area is 207 Å². The van der Waals surface area contributed by atoms with Crippen LogP contribution >= 0.6 is 0 Å². The molecule has 1 saturated heterocycles. The van der Waals surface area contributed by atoms with Crippen molar-refractivity contribution < 1.29 is 14.3 Å². The first kappa shape index (κ1) is 23.5. The minimum absolute atomic E-state index is 0.0971. The van der Waals surface area contributed by atoms with Crippen molar-refractivity contribution in [1.82, 2.24) is 14.8 Å². The van der Waals surface area contributed by atoms with Gasteiger partial charge in [-0.15, -0.1) is 0 Å². The Morgan fingerprint density at radius 3 is 2.46 bits per heavy atom. The maximum atomic E-state index is 13.4. The summed E-state index contributed by atoms with van der Waals surface area (Å²) in [5.41, 5.74) is 4.82. The van der Waals surface area contributed by atoms with E-state index < -0.39 is 5.60 Å². The minimum Gasteiger partial charge on any atom is -0.444 e. The molecule has 0 spiro atoms. The molecule has 2 aliphatic heterocycles. The predicted molar refractivity (Wildman–Crippen MR) is 137 cm³/mol. The number of fused-ring (bicyclic) bond motifs is 3. The fourth-order valence-corrected chi connectivity index (χ4v) is 5.30. The largest absolute Gasteiger partial charge is 0.444 e. The Balaban J connectivity index is 1.27. The van der Waals surface area contributed by atoms with Gasteiger partial charge in [-0.25, -0.2) is 4.79 Å². The van der Waals surface area contributed by atoms with Gasteiger partial charge in [-0.05, 0) is 69.7 Å². The zero-order chi connectivity index (χ0) is 24.6. The molecule has 3 aromatic rings. The van der Waals surface area contributed by atoms with Crippen molar-refractivity contribution in [1.29, 1.82) is 0 Å². The fraction of sp³-hybridized carbons (Fsp3) is 0.448. The van der Waals surface area contributed by atoms with Gasteiger partial charge in [0.1, 0.15) is 5.60 Å². The van der Waals surface area contributed by atoms with E-state index >= 15 is 0 Å². The molecule has 6 nitrogen and oxygen atoms in total. The number of nitrogens with one attached hydrogen (secondary N) is 1. The van der Waals surface area contributed by atoms with E-state index in [1.54, 1.807) is 4.90 Å². The van der Waals surface area contributed by atoms with Crippen LogP contribution in [-0.2, 0) is 24.1 Å². The number of carbonyl (C=O) groups is 2. The smallest absolute Gasteiger partial charge is 0.410 e. The molecule has 0 aliphatic carbocycles. The molecule has 1 aromatic heterocycles. The van der Waals surface area contributed by atoms with E-state index in [4.69, 9.17) is 4.74 Å². The summed E-state index contributed by atoms with van der Waals surface area (Å²) >= 11 is 0. The molecule has 184 valence electrons. The van der Waals surface area contributed by atoms with Crippen LogP contribution in [0.15, 0.2) is 48.5 Å². The van der Waals surface area contributed by atoms with Crippen molar-refractivity contribution in [3.8, 4) is 0 Å². The van der Waals surface area contributed by atoms with Gasteiger partial charge in [0, 0.05) is 53.8 Å². The first-order valence-corrected chi connectivity index (χ1v) is 12.7. The maximum Gasteiger partial charge on any atom is 0.410 e. The molecule has 0 saturated carbocycles. The van der Waals surface area contributed by atoms with Crippen molar-refractivity contribution in [3.05, 3.63) is 70.9 Å². The van der Waals surface area contributed by atoms with Crippen molar-refractivity contribution in [2.24, 2.45) is 5.92 Å². The van der Waals surface area contributed by atoms with E-state index in [9.17, 15) is 9.59 Å². The molecule has 35 heavy (non-hydrogen) atoms. The van der Waals surface area contributed by atoms with E-state index in [-0.39, 0.29) is 12.0 Å². The number of benzene rings is 2. The second kappa shape index (κ2) is 9.40. The highest BCUT2D eigenvalue weighted by Gasteiger charge is 2.29. The molecule has 3 heterocycles. The van der Waals surface area contributed by atoms with Crippen LogP contribution in [0, 0.1) is 5.92 Å². The van der Waals surface area contributed by atoms with E-state index in [0.29, 0.717) is 19.0 Å². The number of H-pyrrole nitrogens is 1. The van der Waals surface area contributed by atoms with Crippen molar-refractivity contribution in [2.75, 3.05) is 19.6 Å². The van der Waals surface area contributed by atoms with Crippen LogP contribution in [0.5, 0.6) is 0 Å². The Kier molecular flexibility index (Phi) is 6.30. The summed E-state index contributed by atoms with van der Waals surface area (Å²) in [6.07, 6.45) is 3.61. The predicted octanol–water partition coefficient (Wildman–Crippen LogP) is 5.56. The fourth-order valence-electron chi connectivity index (χ4n) is 5.30. The third-order valence-corrected chi connectivity index (χ3v) is 7.14. The molecular formula is C29H35N3O3. The molecule has 2 aliphatic rings. The molecule has 6 heteroatoms. The standard InChI is InChI=1S/C29H35N3O3/c1-29(2,3)35-28(34)32-16-13-26-24(19-32)23-18-22(9-10-25(23)30-26)27(33)31-14-11-21(12-15-31)17-20-7-5-4-6-8-20/h4-10,18,21,30H,11-17,19H2,1-3H3. The summed E-state index contributed by atoms with van der Waals surface area (Å²) in [5.74, 6) is 0.722.